The summed E-state index contributed by atoms with van der Waals surface area (Å²) in [6, 6.07) is 9.80. The third-order valence-corrected chi connectivity index (χ3v) is 3.86. The van der Waals surface area contributed by atoms with Crippen molar-refractivity contribution in [2.24, 2.45) is 7.05 Å². The van der Waals surface area contributed by atoms with Crippen LogP contribution < -0.4 is 0 Å². The summed E-state index contributed by atoms with van der Waals surface area (Å²) < 4.78 is 1.89. The van der Waals surface area contributed by atoms with Gasteiger partial charge in [-0.3, -0.25) is 4.79 Å². The van der Waals surface area contributed by atoms with E-state index in [1.54, 1.807) is 17.4 Å². The summed E-state index contributed by atoms with van der Waals surface area (Å²) in [6.07, 6.45) is 4.20. The topological polar surface area (TPSA) is 58.4 Å². The number of aromatic nitrogens is 2. The summed E-state index contributed by atoms with van der Waals surface area (Å²) in [7, 11) is 1.90. The van der Waals surface area contributed by atoms with Crippen molar-refractivity contribution in [1.29, 1.82) is 0 Å². The Labute approximate surface area is 131 Å². The van der Waals surface area contributed by atoms with Crippen LogP contribution in [-0.4, -0.2) is 38.6 Å². The number of imidazole rings is 1. The van der Waals surface area contributed by atoms with Gasteiger partial charge in [0.25, 0.3) is 0 Å². The van der Waals surface area contributed by atoms with E-state index in [1.807, 2.05) is 48.9 Å². The van der Waals surface area contributed by atoms with Crippen molar-refractivity contribution in [3.8, 4) is 0 Å². The molecule has 1 amide bonds. The van der Waals surface area contributed by atoms with Crippen LogP contribution in [0.5, 0.6) is 0 Å². The Bertz CT molecular complexity index is 595. The van der Waals surface area contributed by atoms with Gasteiger partial charge in [-0.1, -0.05) is 37.3 Å². The van der Waals surface area contributed by atoms with E-state index in [2.05, 4.69) is 4.98 Å². The van der Waals surface area contributed by atoms with E-state index in [0.29, 0.717) is 13.1 Å². The minimum Gasteiger partial charge on any atom is -0.395 e. The van der Waals surface area contributed by atoms with Gasteiger partial charge in [-0.15, -0.1) is 0 Å². The zero-order valence-electron chi connectivity index (χ0n) is 13.1. The van der Waals surface area contributed by atoms with E-state index >= 15 is 0 Å². The van der Waals surface area contributed by atoms with Gasteiger partial charge in [0.1, 0.15) is 0 Å². The molecule has 5 nitrogen and oxygen atoms in total. The monoisotopic (exact) mass is 301 g/mol. The van der Waals surface area contributed by atoms with E-state index in [1.165, 1.54) is 0 Å². The van der Waals surface area contributed by atoms with Crippen molar-refractivity contribution in [1.82, 2.24) is 14.5 Å². The highest BCUT2D eigenvalue weighted by Crippen LogP contribution is 2.22. The predicted octanol–water partition coefficient (Wildman–Crippen LogP) is 1.93. The number of benzene rings is 1. The lowest BCUT2D eigenvalue weighted by atomic mass is 9.95. The average molecular weight is 301 g/mol. The first-order valence-electron chi connectivity index (χ1n) is 7.57. The van der Waals surface area contributed by atoms with Crippen LogP contribution in [0.15, 0.2) is 42.9 Å². The second-order valence-electron chi connectivity index (χ2n) is 5.35. The van der Waals surface area contributed by atoms with Crippen LogP contribution >= 0.6 is 0 Å². The Balaban J connectivity index is 2.19. The van der Waals surface area contributed by atoms with Gasteiger partial charge < -0.3 is 14.6 Å². The third kappa shape index (κ3) is 3.74. The van der Waals surface area contributed by atoms with E-state index < -0.39 is 0 Å². The van der Waals surface area contributed by atoms with Crippen LogP contribution in [0.25, 0.3) is 0 Å². The molecule has 1 aromatic heterocycles. The summed E-state index contributed by atoms with van der Waals surface area (Å²) >= 11 is 0. The highest BCUT2D eigenvalue weighted by molar-refractivity contribution is 5.83. The van der Waals surface area contributed by atoms with Crippen molar-refractivity contribution < 1.29 is 9.90 Å². The standard InChI is InChI=1S/C17H23N3O2/c1-3-16(14-7-5-4-6-8-14)17(22)20(9-10-21)12-15-11-18-13-19(15)2/h4-8,11,13,16,21H,3,9-10,12H2,1-2H3/t16-/m0/s1. The summed E-state index contributed by atoms with van der Waals surface area (Å²) in [4.78, 5) is 18.7. The molecule has 0 unspecified atom stereocenters. The molecule has 22 heavy (non-hydrogen) atoms. The van der Waals surface area contributed by atoms with Crippen molar-refractivity contribution in [2.45, 2.75) is 25.8 Å². The first kappa shape index (κ1) is 16.2. The Kier molecular flexibility index (Phi) is 5.72. The molecule has 2 aromatic rings. The van der Waals surface area contributed by atoms with Crippen molar-refractivity contribution >= 4 is 5.91 Å². The summed E-state index contributed by atoms with van der Waals surface area (Å²) in [5.41, 5.74) is 1.97. The lowest BCUT2D eigenvalue weighted by Gasteiger charge is -2.26. The zero-order chi connectivity index (χ0) is 15.9. The fraction of sp³-hybridized carbons (Fsp3) is 0.412. The molecule has 0 radical (unpaired) electrons. The lowest BCUT2D eigenvalue weighted by Crippen LogP contribution is -2.37. The maximum atomic E-state index is 12.9. The SMILES string of the molecule is CC[C@H](C(=O)N(CCO)Cc1cncn1C)c1ccccc1. The van der Waals surface area contributed by atoms with Gasteiger partial charge in [-0.05, 0) is 12.0 Å². The first-order valence-corrected chi connectivity index (χ1v) is 7.57. The molecule has 118 valence electrons. The summed E-state index contributed by atoms with van der Waals surface area (Å²) in [5.74, 6) is -0.134. The maximum absolute atomic E-state index is 12.9. The molecule has 1 atom stereocenters. The molecule has 0 bridgehead atoms. The third-order valence-electron chi connectivity index (χ3n) is 3.86. The van der Waals surface area contributed by atoms with Gasteiger partial charge in [0.15, 0.2) is 0 Å². The molecule has 0 saturated carbocycles. The van der Waals surface area contributed by atoms with E-state index in [9.17, 15) is 9.90 Å². The Morgan fingerprint density at radius 1 is 1.36 bits per heavy atom. The molecule has 0 fully saturated rings. The molecular weight excluding hydrogens is 278 g/mol. The molecule has 0 saturated heterocycles. The normalized spacial score (nSPS) is 12.1. The molecule has 0 aliphatic heterocycles. The quantitative estimate of drug-likeness (QED) is 0.850. The number of nitrogens with zero attached hydrogens (tertiary/aromatic N) is 3. The van der Waals surface area contributed by atoms with Crippen LogP contribution in [0.4, 0.5) is 0 Å². The Hall–Kier alpha value is -2.14. The average Bonchev–Trinajstić information content (AvgIpc) is 2.94. The van der Waals surface area contributed by atoms with Crippen LogP contribution in [0.3, 0.4) is 0 Å². The van der Waals surface area contributed by atoms with Gasteiger partial charge in [-0.2, -0.15) is 0 Å². The van der Waals surface area contributed by atoms with Crippen LogP contribution in [0.1, 0.15) is 30.5 Å². The van der Waals surface area contributed by atoms with Gasteiger partial charge in [0.05, 0.1) is 31.1 Å². The van der Waals surface area contributed by atoms with Gasteiger partial charge >= 0.3 is 0 Å². The lowest BCUT2D eigenvalue weighted by molar-refractivity contribution is -0.134. The largest absolute Gasteiger partial charge is 0.395 e. The van der Waals surface area contributed by atoms with Crippen LogP contribution in [0, 0.1) is 0 Å². The summed E-state index contributed by atoms with van der Waals surface area (Å²) in [6.45, 7) is 2.75. The second-order valence-corrected chi connectivity index (χ2v) is 5.35. The Morgan fingerprint density at radius 2 is 2.09 bits per heavy atom. The van der Waals surface area contributed by atoms with E-state index in [0.717, 1.165) is 17.7 Å². The molecule has 5 heteroatoms. The fourth-order valence-electron chi connectivity index (χ4n) is 2.58. The van der Waals surface area contributed by atoms with E-state index in [-0.39, 0.29) is 18.4 Å². The summed E-state index contributed by atoms with van der Waals surface area (Å²) in [5, 5.41) is 9.29. The first-order chi connectivity index (χ1) is 10.7. The van der Waals surface area contributed by atoms with Crippen molar-refractivity contribution in [3.05, 3.63) is 54.1 Å². The molecule has 1 aromatic carbocycles. The predicted molar refractivity (Wildman–Crippen MR) is 85.2 cm³/mol. The number of rotatable bonds is 7. The van der Waals surface area contributed by atoms with Crippen LogP contribution in [-0.2, 0) is 18.4 Å². The molecule has 1 heterocycles. The van der Waals surface area contributed by atoms with Crippen LogP contribution in [0.2, 0.25) is 0 Å². The minimum atomic E-state index is -0.180. The highest BCUT2D eigenvalue weighted by Gasteiger charge is 2.24. The molecular formula is C17H23N3O2. The number of carbonyl (C=O) groups excluding carboxylic acids is 1. The second kappa shape index (κ2) is 7.75. The number of hydrogen-bond acceptors (Lipinski definition) is 3. The van der Waals surface area contributed by atoms with Gasteiger partial charge in [0.2, 0.25) is 5.91 Å². The smallest absolute Gasteiger partial charge is 0.230 e. The molecule has 0 aliphatic carbocycles. The molecule has 1 N–H and O–H groups in total. The number of hydrogen-bond donors (Lipinski definition) is 1. The Morgan fingerprint density at radius 3 is 2.64 bits per heavy atom. The zero-order valence-corrected chi connectivity index (χ0v) is 13.1. The van der Waals surface area contributed by atoms with Gasteiger partial charge in [-0.25, -0.2) is 4.98 Å². The molecule has 0 spiro atoms. The van der Waals surface area contributed by atoms with Crippen molar-refractivity contribution in [2.75, 3.05) is 13.2 Å². The van der Waals surface area contributed by atoms with E-state index in [4.69, 9.17) is 0 Å². The number of aryl methyl sites for hydroxylation is 1. The van der Waals surface area contributed by atoms with Gasteiger partial charge in [0, 0.05) is 19.8 Å². The fourth-order valence-corrected chi connectivity index (χ4v) is 2.58. The maximum Gasteiger partial charge on any atom is 0.230 e. The number of amides is 1. The molecule has 2 rings (SSSR count). The number of aliphatic hydroxyl groups excluding tert-OH is 1. The van der Waals surface area contributed by atoms with Crippen molar-refractivity contribution in [3.63, 3.8) is 0 Å². The number of aliphatic hydroxyl groups is 1. The highest BCUT2D eigenvalue weighted by atomic mass is 16.3. The number of carbonyl (C=O) groups is 1. The minimum absolute atomic E-state index is 0.0453. The molecule has 0 aliphatic rings.